The van der Waals surface area contributed by atoms with Gasteiger partial charge in [0.2, 0.25) is 11.8 Å². The fourth-order valence-electron chi connectivity index (χ4n) is 3.18. The van der Waals surface area contributed by atoms with Gasteiger partial charge in [-0.15, -0.1) is 0 Å². The molecule has 0 aliphatic carbocycles. The van der Waals surface area contributed by atoms with Crippen molar-refractivity contribution in [2.45, 2.75) is 58.1 Å². The van der Waals surface area contributed by atoms with Gasteiger partial charge in [0.05, 0.1) is 5.92 Å². The van der Waals surface area contributed by atoms with Crippen molar-refractivity contribution < 1.29 is 19.1 Å². The second kappa shape index (κ2) is 6.76. The summed E-state index contributed by atoms with van der Waals surface area (Å²) in [5.74, 6) is -0.749. The Kier molecular flexibility index (Phi) is 5.16. The number of nitrogens with two attached hydrogens (primary N) is 1. The monoisotopic (exact) mass is 325 g/mol. The zero-order valence-corrected chi connectivity index (χ0v) is 14.2. The van der Waals surface area contributed by atoms with Crippen LogP contribution < -0.4 is 5.73 Å². The number of carbonyl (C=O) groups is 3. The lowest BCUT2D eigenvalue weighted by Crippen LogP contribution is -2.52. The van der Waals surface area contributed by atoms with Gasteiger partial charge in [0.25, 0.3) is 0 Å². The highest BCUT2D eigenvalue weighted by molar-refractivity contribution is 5.87. The van der Waals surface area contributed by atoms with Crippen LogP contribution in [0.4, 0.5) is 4.79 Å². The van der Waals surface area contributed by atoms with Crippen molar-refractivity contribution in [1.29, 1.82) is 0 Å². The minimum absolute atomic E-state index is 0.0979. The van der Waals surface area contributed by atoms with E-state index >= 15 is 0 Å². The lowest BCUT2D eigenvalue weighted by atomic mass is 9.96. The minimum atomic E-state index is -0.588. The van der Waals surface area contributed by atoms with Crippen LogP contribution in [0.2, 0.25) is 0 Å². The van der Waals surface area contributed by atoms with Gasteiger partial charge in [-0.2, -0.15) is 0 Å². The molecular formula is C16H27N3O4. The lowest BCUT2D eigenvalue weighted by Gasteiger charge is -2.35. The molecule has 2 N–H and O–H groups in total. The Morgan fingerprint density at radius 3 is 2.35 bits per heavy atom. The maximum absolute atomic E-state index is 12.8. The van der Waals surface area contributed by atoms with E-state index in [9.17, 15) is 14.4 Å². The van der Waals surface area contributed by atoms with Crippen LogP contribution in [-0.2, 0) is 14.3 Å². The summed E-state index contributed by atoms with van der Waals surface area (Å²) in [5, 5.41) is 0. The molecule has 2 fully saturated rings. The number of likely N-dealkylation sites (tertiary alicyclic amines) is 2. The summed E-state index contributed by atoms with van der Waals surface area (Å²) < 4.78 is 5.39. The van der Waals surface area contributed by atoms with E-state index in [1.54, 1.807) is 25.7 Å². The van der Waals surface area contributed by atoms with E-state index in [0.717, 1.165) is 19.3 Å². The molecule has 0 unspecified atom stereocenters. The van der Waals surface area contributed by atoms with Gasteiger partial charge in [0.1, 0.15) is 11.6 Å². The number of amides is 3. The summed E-state index contributed by atoms with van der Waals surface area (Å²) in [5.41, 5.74) is 4.78. The van der Waals surface area contributed by atoms with E-state index in [-0.39, 0.29) is 17.7 Å². The molecular weight excluding hydrogens is 298 g/mol. The van der Waals surface area contributed by atoms with Gasteiger partial charge in [0.15, 0.2) is 0 Å². The third-order valence-corrected chi connectivity index (χ3v) is 4.30. The Morgan fingerprint density at radius 2 is 1.74 bits per heavy atom. The van der Waals surface area contributed by atoms with Gasteiger partial charge < -0.3 is 15.4 Å². The average Bonchev–Trinajstić information content (AvgIpc) is 2.94. The molecule has 0 saturated carbocycles. The van der Waals surface area contributed by atoms with Crippen molar-refractivity contribution in [2.75, 3.05) is 19.6 Å². The minimum Gasteiger partial charge on any atom is -0.444 e. The van der Waals surface area contributed by atoms with E-state index in [1.165, 1.54) is 4.90 Å². The molecule has 0 aromatic heterocycles. The average molecular weight is 325 g/mol. The largest absolute Gasteiger partial charge is 0.444 e. The Balaban J connectivity index is 2.02. The standard InChI is InChI=1S/C16H27N3O4/c1-16(2,3)23-15(22)19-9-5-7-12(19)14(21)18-8-4-6-11(10-18)13(17)20/h11-12H,4-10H2,1-3H3,(H2,17,20)/t11-,12-/m0/s1. The zero-order chi connectivity index (χ0) is 17.2. The summed E-state index contributed by atoms with van der Waals surface area (Å²) in [6.07, 6.45) is 2.45. The van der Waals surface area contributed by atoms with Crippen molar-refractivity contribution in [3.63, 3.8) is 0 Å². The number of ether oxygens (including phenoxy) is 1. The molecule has 2 saturated heterocycles. The summed E-state index contributed by atoms with van der Waals surface area (Å²) in [6, 6.07) is -0.489. The van der Waals surface area contributed by atoms with Gasteiger partial charge in [0, 0.05) is 19.6 Å². The van der Waals surface area contributed by atoms with Crippen molar-refractivity contribution >= 4 is 17.9 Å². The number of piperidine rings is 1. The van der Waals surface area contributed by atoms with Gasteiger partial charge in [-0.1, -0.05) is 0 Å². The molecule has 0 aromatic rings. The number of primary amides is 1. The van der Waals surface area contributed by atoms with Crippen molar-refractivity contribution in [3.05, 3.63) is 0 Å². The van der Waals surface area contributed by atoms with Crippen molar-refractivity contribution in [3.8, 4) is 0 Å². The molecule has 0 spiro atoms. The molecule has 0 radical (unpaired) electrons. The maximum Gasteiger partial charge on any atom is 0.410 e. The van der Waals surface area contributed by atoms with Crippen LogP contribution in [0.25, 0.3) is 0 Å². The first-order chi connectivity index (χ1) is 10.7. The summed E-state index contributed by atoms with van der Waals surface area (Å²) in [6.45, 7) is 6.91. The number of hydrogen-bond acceptors (Lipinski definition) is 4. The number of rotatable bonds is 2. The van der Waals surface area contributed by atoms with Crippen LogP contribution in [0.15, 0.2) is 0 Å². The summed E-state index contributed by atoms with van der Waals surface area (Å²) in [4.78, 5) is 39.6. The van der Waals surface area contributed by atoms with Crippen LogP contribution in [-0.4, -0.2) is 59.0 Å². The quantitative estimate of drug-likeness (QED) is 0.823. The molecule has 2 aliphatic rings. The highest BCUT2D eigenvalue weighted by Crippen LogP contribution is 2.25. The first kappa shape index (κ1) is 17.6. The number of hydrogen-bond donors (Lipinski definition) is 1. The topological polar surface area (TPSA) is 92.9 Å². The number of nitrogens with zero attached hydrogens (tertiary/aromatic N) is 2. The normalized spacial score (nSPS) is 25.3. The summed E-state index contributed by atoms with van der Waals surface area (Å²) >= 11 is 0. The van der Waals surface area contributed by atoms with E-state index < -0.39 is 17.7 Å². The third-order valence-electron chi connectivity index (χ3n) is 4.30. The highest BCUT2D eigenvalue weighted by Gasteiger charge is 2.40. The smallest absolute Gasteiger partial charge is 0.410 e. The molecule has 0 bridgehead atoms. The Bertz CT molecular complexity index is 486. The second-order valence-corrected chi connectivity index (χ2v) is 7.36. The molecule has 2 rings (SSSR count). The molecule has 3 amide bonds. The van der Waals surface area contributed by atoms with Crippen LogP contribution in [0.3, 0.4) is 0 Å². The fourth-order valence-corrected chi connectivity index (χ4v) is 3.18. The Hall–Kier alpha value is -1.79. The van der Waals surface area contributed by atoms with Crippen LogP contribution in [0.1, 0.15) is 46.5 Å². The van der Waals surface area contributed by atoms with Crippen molar-refractivity contribution in [2.24, 2.45) is 11.7 Å². The van der Waals surface area contributed by atoms with Gasteiger partial charge in [-0.3, -0.25) is 14.5 Å². The van der Waals surface area contributed by atoms with Crippen molar-refractivity contribution in [1.82, 2.24) is 9.80 Å². The van der Waals surface area contributed by atoms with E-state index in [1.807, 2.05) is 0 Å². The van der Waals surface area contributed by atoms with E-state index in [4.69, 9.17) is 10.5 Å². The molecule has 23 heavy (non-hydrogen) atoms. The van der Waals surface area contributed by atoms with Gasteiger partial charge >= 0.3 is 6.09 Å². The predicted molar refractivity (Wildman–Crippen MR) is 84.5 cm³/mol. The third kappa shape index (κ3) is 4.36. The van der Waals surface area contributed by atoms with E-state index in [0.29, 0.717) is 26.1 Å². The highest BCUT2D eigenvalue weighted by atomic mass is 16.6. The predicted octanol–water partition coefficient (Wildman–Crippen LogP) is 1.11. The molecule has 2 heterocycles. The Labute approximate surface area is 137 Å². The first-order valence-electron chi connectivity index (χ1n) is 8.27. The Morgan fingerprint density at radius 1 is 1.09 bits per heavy atom. The van der Waals surface area contributed by atoms with Crippen LogP contribution in [0, 0.1) is 5.92 Å². The molecule has 0 aromatic carbocycles. The van der Waals surface area contributed by atoms with Crippen LogP contribution in [0.5, 0.6) is 0 Å². The molecule has 7 nitrogen and oxygen atoms in total. The number of carbonyl (C=O) groups excluding carboxylic acids is 3. The molecule has 130 valence electrons. The zero-order valence-electron chi connectivity index (χ0n) is 14.2. The molecule has 2 aliphatic heterocycles. The lowest BCUT2D eigenvalue weighted by molar-refractivity contribution is -0.139. The second-order valence-electron chi connectivity index (χ2n) is 7.36. The van der Waals surface area contributed by atoms with Gasteiger partial charge in [-0.05, 0) is 46.5 Å². The maximum atomic E-state index is 12.8. The first-order valence-corrected chi connectivity index (χ1v) is 8.27. The SMILES string of the molecule is CC(C)(C)OC(=O)N1CCC[C@H]1C(=O)N1CCC[C@H](C(N)=O)C1. The summed E-state index contributed by atoms with van der Waals surface area (Å²) in [7, 11) is 0. The van der Waals surface area contributed by atoms with Gasteiger partial charge in [-0.25, -0.2) is 4.79 Å². The van der Waals surface area contributed by atoms with E-state index in [2.05, 4.69) is 0 Å². The molecule has 7 heteroatoms. The van der Waals surface area contributed by atoms with Crippen LogP contribution >= 0.6 is 0 Å². The molecule has 2 atom stereocenters. The fraction of sp³-hybridized carbons (Fsp3) is 0.812.